The summed E-state index contributed by atoms with van der Waals surface area (Å²) >= 11 is 0. The zero-order valence-corrected chi connectivity index (χ0v) is 17.8. The van der Waals surface area contributed by atoms with Crippen LogP contribution in [0.4, 0.5) is 13.2 Å². The Morgan fingerprint density at radius 2 is 2.22 bits per heavy atom. The molecular weight excluding hydrogens is 478 g/mol. The maximum absolute atomic E-state index is 12.9. The van der Waals surface area contributed by atoms with Crippen LogP contribution in [0.15, 0.2) is 11.2 Å². The quantitative estimate of drug-likeness (QED) is 0.246. The molecule has 1 unspecified atom stereocenters. The highest BCUT2D eigenvalue weighted by Crippen LogP contribution is 2.30. The number of hydrogen-bond donors (Lipinski definition) is 2. The highest BCUT2D eigenvalue weighted by molar-refractivity contribution is 14.0. The fourth-order valence-corrected chi connectivity index (χ4v) is 2.68. The fraction of sp³-hybridized carbons (Fsp3) is 0.750. The summed E-state index contributed by atoms with van der Waals surface area (Å²) in [6.45, 7) is 2.59. The van der Waals surface area contributed by atoms with Gasteiger partial charge >= 0.3 is 6.18 Å². The van der Waals surface area contributed by atoms with Crippen molar-refractivity contribution in [3.8, 4) is 0 Å². The summed E-state index contributed by atoms with van der Waals surface area (Å²) < 4.78 is 51.0. The summed E-state index contributed by atoms with van der Waals surface area (Å²) in [5, 5.41) is 9.40. The van der Waals surface area contributed by atoms with Gasteiger partial charge in [0, 0.05) is 52.2 Å². The maximum Gasteiger partial charge on any atom is 0.435 e. The predicted molar refractivity (Wildman–Crippen MR) is 106 cm³/mol. The molecule has 2 N–H and O–H groups in total. The van der Waals surface area contributed by atoms with Crippen LogP contribution in [0.3, 0.4) is 0 Å². The van der Waals surface area contributed by atoms with Crippen molar-refractivity contribution in [2.24, 2.45) is 12.0 Å². The van der Waals surface area contributed by atoms with Crippen LogP contribution >= 0.6 is 24.0 Å². The van der Waals surface area contributed by atoms with E-state index in [0.29, 0.717) is 25.7 Å². The standard InChI is InChI=1S/C16H26F3N5O2.HI/c1-20-15(21-6-4-7-25-11-13-5-3-8-26-13)22-9-12-10-24(2)23-14(12)16(17,18)19;/h10,13H,3-9,11H2,1-2H3,(H2,20,21,22);1H. The van der Waals surface area contributed by atoms with Gasteiger partial charge in [0.1, 0.15) is 0 Å². The smallest absolute Gasteiger partial charge is 0.379 e. The Labute approximate surface area is 174 Å². The highest BCUT2D eigenvalue weighted by Gasteiger charge is 2.36. The molecule has 0 spiro atoms. The molecule has 11 heteroatoms. The number of aliphatic imine (C=N–C) groups is 1. The molecule has 1 aliphatic rings. The van der Waals surface area contributed by atoms with E-state index >= 15 is 0 Å². The van der Waals surface area contributed by atoms with Crippen LogP contribution in [0.25, 0.3) is 0 Å². The Kier molecular flexibility index (Phi) is 10.4. The Morgan fingerprint density at radius 1 is 1.44 bits per heavy atom. The van der Waals surface area contributed by atoms with Gasteiger partial charge in [0.15, 0.2) is 11.7 Å². The zero-order chi connectivity index (χ0) is 19.0. The van der Waals surface area contributed by atoms with E-state index in [4.69, 9.17) is 9.47 Å². The third-order valence-corrected chi connectivity index (χ3v) is 3.93. The number of halogens is 4. The molecule has 156 valence electrons. The van der Waals surface area contributed by atoms with Crippen molar-refractivity contribution in [3.05, 3.63) is 17.5 Å². The van der Waals surface area contributed by atoms with Gasteiger partial charge in [0.2, 0.25) is 0 Å². The van der Waals surface area contributed by atoms with Crippen molar-refractivity contribution in [3.63, 3.8) is 0 Å². The summed E-state index contributed by atoms with van der Waals surface area (Å²) in [5.74, 6) is 0.432. The number of aromatic nitrogens is 2. The number of rotatable bonds is 8. The summed E-state index contributed by atoms with van der Waals surface area (Å²) in [5.41, 5.74) is -0.812. The highest BCUT2D eigenvalue weighted by atomic mass is 127. The molecule has 0 aromatic carbocycles. The van der Waals surface area contributed by atoms with Gasteiger partial charge in [-0.3, -0.25) is 9.67 Å². The van der Waals surface area contributed by atoms with Gasteiger partial charge in [-0.15, -0.1) is 24.0 Å². The van der Waals surface area contributed by atoms with Crippen LogP contribution in [0.1, 0.15) is 30.5 Å². The normalized spacial score (nSPS) is 17.7. The summed E-state index contributed by atoms with van der Waals surface area (Å²) in [4.78, 5) is 4.01. The van der Waals surface area contributed by atoms with Crippen molar-refractivity contribution in [1.29, 1.82) is 0 Å². The largest absolute Gasteiger partial charge is 0.435 e. The van der Waals surface area contributed by atoms with Gasteiger partial charge in [0.25, 0.3) is 0 Å². The molecule has 0 saturated carbocycles. The Bertz CT molecular complexity index is 589. The molecule has 1 saturated heterocycles. The minimum absolute atomic E-state index is 0. The topological polar surface area (TPSA) is 72.7 Å². The lowest BCUT2D eigenvalue weighted by Gasteiger charge is -2.13. The number of ether oxygens (including phenoxy) is 2. The Morgan fingerprint density at radius 3 is 2.85 bits per heavy atom. The van der Waals surface area contributed by atoms with Crippen LogP contribution < -0.4 is 10.6 Å². The van der Waals surface area contributed by atoms with E-state index in [0.717, 1.165) is 30.6 Å². The minimum Gasteiger partial charge on any atom is -0.379 e. The van der Waals surface area contributed by atoms with Crippen LogP contribution in [0.2, 0.25) is 0 Å². The van der Waals surface area contributed by atoms with Gasteiger partial charge in [-0.2, -0.15) is 18.3 Å². The summed E-state index contributed by atoms with van der Waals surface area (Å²) in [6.07, 6.45) is -0.0287. The SMILES string of the molecule is CN=C(NCCCOCC1CCCO1)NCc1cn(C)nc1C(F)(F)F.I. The molecule has 0 aliphatic carbocycles. The molecule has 0 bridgehead atoms. The second kappa shape index (κ2) is 11.7. The molecule has 1 fully saturated rings. The molecule has 0 amide bonds. The van der Waals surface area contributed by atoms with Gasteiger partial charge in [-0.1, -0.05) is 0 Å². The molecule has 1 atom stereocenters. The lowest BCUT2D eigenvalue weighted by atomic mass is 10.2. The van der Waals surface area contributed by atoms with E-state index in [1.807, 2.05) is 0 Å². The summed E-state index contributed by atoms with van der Waals surface area (Å²) in [6, 6.07) is 0. The molecular formula is C16H27F3IN5O2. The van der Waals surface area contributed by atoms with E-state index in [9.17, 15) is 13.2 Å². The Hall–Kier alpha value is -1.08. The van der Waals surface area contributed by atoms with Crippen LogP contribution in [-0.2, 0) is 29.2 Å². The summed E-state index contributed by atoms with van der Waals surface area (Å²) in [7, 11) is 3.03. The lowest BCUT2D eigenvalue weighted by molar-refractivity contribution is -0.142. The molecule has 0 radical (unpaired) electrons. The molecule has 1 aliphatic heterocycles. The molecule has 27 heavy (non-hydrogen) atoms. The average Bonchev–Trinajstić information content (AvgIpc) is 3.22. The predicted octanol–water partition coefficient (Wildman–Crippen LogP) is 2.31. The van der Waals surface area contributed by atoms with Gasteiger partial charge in [-0.25, -0.2) is 0 Å². The number of guanidine groups is 1. The number of alkyl halides is 3. The van der Waals surface area contributed by atoms with E-state index in [2.05, 4.69) is 20.7 Å². The second-order valence-corrected chi connectivity index (χ2v) is 6.09. The van der Waals surface area contributed by atoms with Crippen LogP contribution in [-0.4, -0.2) is 55.3 Å². The van der Waals surface area contributed by atoms with Crippen molar-refractivity contribution in [2.45, 2.75) is 38.1 Å². The van der Waals surface area contributed by atoms with E-state index < -0.39 is 11.9 Å². The van der Waals surface area contributed by atoms with Crippen molar-refractivity contribution in [2.75, 3.05) is 33.4 Å². The second-order valence-electron chi connectivity index (χ2n) is 6.09. The molecule has 7 nitrogen and oxygen atoms in total. The molecule has 1 aromatic rings. The van der Waals surface area contributed by atoms with Crippen molar-refractivity contribution in [1.82, 2.24) is 20.4 Å². The minimum atomic E-state index is -4.48. The van der Waals surface area contributed by atoms with Gasteiger partial charge in [-0.05, 0) is 19.3 Å². The molecule has 2 heterocycles. The van der Waals surface area contributed by atoms with Gasteiger partial charge in [0.05, 0.1) is 12.7 Å². The number of hydrogen-bond acceptors (Lipinski definition) is 4. The zero-order valence-electron chi connectivity index (χ0n) is 15.5. The first-order chi connectivity index (χ1) is 12.4. The maximum atomic E-state index is 12.9. The fourth-order valence-electron chi connectivity index (χ4n) is 2.68. The molecule has 1 aromatic heterocycles. The van der Waals surface area contributed by atoms with Crippen LogP contribution in [0.5, 0.6) is 0 Å². The van der Waals surface area contributed by atoms with E-state index in [-0.39, 0.29) is 42.2 Å². The number of aryl methyl sites for hydroxylation is 1. The third kappa shape index (κ3) is 8.21. The first-order valence-corrected chi connectivity index (χ1v) is 8.63. The lowest BCUT2D eigenvalue weighted by Crippen LogP contribution is -2.37. The third-order valence-electron chi connectivity index (χ3n) is 3.93. The van der Waals surface area contributed by atoms with Gasteiger partial charge < -0.3 is 20.1 Å². The Balaban J connectivity index is 0.00000364. The first kappa shape index (κ1) is 24.0. The first-order valence-electron chi connectivity index (χ1n) is 8.63. The monoisotopic (exact) mass is 505 g/mol. The number of nitrogens with one attached hydrogen (secondary N) is 2. The van der Waals surface area contributed by atoms with Crippen LogP contribution in [0, 0.1) is 0 Å². The average molecular weight is 505 g/mol. The van der Waals surface area contributed by atoms with Crippen molar-refractivity contribution < 1.29 is 22.6 Å². The van der Waals surface area contributed by atoms with E-state index in [1.54, 1.807) is 7.05 Å². The van der Waals surface area contributed by atoms with Crippen molar-refractivity contribution >= 4 is 29.9 Å². The van der Waals surface area contributed by atoms with E-state index in [1.165, 1.54) is 13.2 Å². The molecule has 2 rings (SSSR count). The number of nitrogens with zero attached hydrogens (tertiary/aromatic N) is 3.